The molecule has 2 aliphatic heterocycles. The first-order valence-electron chi connectivity index (χ1n) is 7.80. The number of hydrogen-bond acceptors (Lipinski definition) is 5. The van der Waals surface area contributed by atoms with Gasteiger partial charge >= 0.3 is 0 Å². The van der Waals surface area contributed by atoms with Crippen LogP contribution in [0.4, 0.5) is 4.39 Å². The Morgan fingerprint density at radius 3 is 3.22 bits per heavy atom. The van der Waals surface area contributed by atoms with Crippen LogP contribution in [0.25, 0.3) is 0 Å². The summed E-state index contributed by atoms with van der Waals surface area (Å²) in [4.78, 5) is 2.34. The standard InChI is InChI=1S/C16H19FN4O2/c1-22-16-6-11(2-3-13(16)17)8-20-5-4-15-14(9-20)21-12(10-23-15)7-18-19-21/h2-3,6-7,14-15H,4-5,8-10H2,1H3/t14-,15-/m1/s1. The van der Waals surface area contributed by atoms with Gasteiger partial charge in [-0.15, -0.1) is 5.10 Å². The Hall–Kier alpha value is -1.99. The summed E-state index contributed by atoms with van der Waals surface area (Å²) in [6.45, 7) is 3.14. The molecule has 1 aromatic carbocycles. The smallest absolute Gasteiger partial charge is 0.165 e. The SMILES string of the molecule is COc1cc(CN2CC[C@H]3OCc4cnnn4[C@@H]3C2)ccc1F. The molecule has 0 N–H and O–H groups in total. The highest BCUT2D eigenvalue weighted by atomic mass is 19.1. The predicted molar refractivity (Wildman–Crippen MR) is 80.5 cm³/mol. The van der Waals surface area contributed by atoms with E-state index in [0.717, 1.165) is 37.3 Å². The summed E-state index contributed by atoms with van der Waals surface area (Å²) in [7, 11) is 1.49. The summed E-state index contributed by atoms with van der Waals surface area (Å²) >= 11 is 0. The van der Waals surface area contributed by atoms with Crippen LogP contribution in [0.15, 0.2) is 24.4 Å². The van der Waals surface area contributed by atoms with Gasteiger partial charge < -0.3 is 9.47 Å². The van der Waals surface area contributed by atoms with Gasteiger partial charge in [0.25, 0.3) is 0 Å². The van der Waals surface area contributed by atoms with Crippen LogP contribution in [0.5, 0.6) is 5.75 Å². The Bertz CT molecular complexity index is 705. The summed E-state index contributed by atoms with van der Waals surface area (Å²) in [5.74, 6) is -0.0418. The molecule has 1 aromatic heterocycles. The van der Waals surface area contributed by atoms with E-state index in [1.807, 2.05) is 10.7 Å². The minimum Gasteiger partial charge on any atom is -0.494 e. The van der Waals surface area contributed by atoms with E-state index >= 15 is 0 Å². The second-order valence-corrected chi connectivity index (χ2v) is 6.08. The Labute approximate surface area is 133 Å². The summed E-state index contributed by atoms with van der Waals surface area (Å²) in [5.41, 5.74) is 2.06. The van der Waals surface area contributed by atoms with E-state index in [1.54, 1.807) is 12.3 Å². The summed E-state index contributed by atoms with van der Waals surface area (Å²) < 4.78 is 26.5. The molecule has 122 valence electrons. The van der Waals surface area contributed by atoms with Gasteiger partial charge in [-0.25, -0.2) is 9.07 Å². The van der Waals surface area contributed by atoms with Crippen LogP contribution < -0.4 is 4.74 Å². The number of nitrogens with zero attached hydrogens (tertiary/aromatic N) is 4. The zero-order valence-electron chi connectivity index (χ0n) is 13.0. The highest BCUT2D eigenvalue weighted by Gasteiger charge is 2.36. The van der Waals surface area contributed by atoms with E-state index < -0.39 is 0 Å². The predicted octanol–water partition coefficient (Wildman–Crippen LogP) is 1.77. The Morgan fingerprint density at radius 1 is 1.43 bits per heavy atom. The van der Waals surface area contributed by atoms with Crippen LogP contribution in [0.2, 0.25) is 0 Å². The van der Waals surface area contributed by atoms with Crippen molar-refractivity contribution in [2.24, 2.45) is 0 Å². The molecule has 2 atom stereocenters. The lowest BCUT2D eigenvalue weighted by Crippen LogP contribution is -2.47. The maximum atomic E-state index is 13.5. The van der Waals surface area contributed by atoms with E-state index in [-0.39, 0.29) is 23.7 Å². The fourth-order valence-electron chi connectivity index (χ4n) is 3.45. The number of methoxy groups -OCH3 is 1. The summed E-state index contributed by atoms with van der Waals surface area (Å²) in [5, 5.41) is 8.20. The largest absolute Gasteiger partial charge is 0.494 e. The first-order chi connectivity index (χ1) is 11.2. The van der Waals surface area contributed by atoms with Crippen LogP contribution >= 0.6 is 0 Å². The van der Waals surface area contributed by atoms with Crippen LogP contribution in [0.3, 0.4) is 0 Å². The lowest BCUT2D eigenvalue weighted by atomic mass is 10.00. The minimum absolute atomic E-state index is 0.192. The molecule has 7 heteroatoms. The van der Waals surface area contributed by atoms with Gasteiger partial charge in [-0.2, -0.15) is 0 Å². The van der Waals surface area contributed by atoms with E-state index in [4.69, 9.17) is 9.47 Å². The molecule has 0 bridgehead atoms. The monoisotopic (exact) mass is 318 g/mol. The van der Waals surface area contributed by atoms with Crippen molar-refractivity contribution >= 4 is 0 Å². The molecule has 0 spiro atoms. The molecule has 1 saturated heterocycles. The normalized spacial score (nSPS) is 24.1. The molecule has 3 heterocycles. The summed E-state index contributed by atoms with van der Waals surface area (Å²) in [6.07, 6.45) is 2.92. The van der Waals surface area contributed by atoms with Gasteiger partial charge in [0, 0.05) is 19.6 Å². The third kappa shape index (κ3) is 2.70. The number of aromatic nitrogens is 3. The molecule has 2 aliphatic rings. The highest BCUT2D eigenvalue weighted by Crippen LogP contribution is 2.31. The Kier molecular flexibility index (Phi) is 3.74. The zero-order chi connectivity index (χ0) is 15.8. The van der Waals surface area contributed by atoms with E-state index in [2.05, 4.69) is 15.2 Å². The Morgan fingerprint density at radius 2 is 2.35 bits per heavy atom. The number of hydrogen-bond donors (Lipinski definition) is 0. The molecule has 6 nitrogen and oxygen atoms in total. The van der Waals surface area contributed by atoms with Gasteiger partial charge in [0.05, 0.1) is 37.8 Å². The van der Waals surface area contributed by atoms with Crippen LogP contribution in [-0.2, 0) is 17.9 Å². The number of fused-ring (bicyclic) bond motifs is 3. The van der Waals surface area contributed by atoms with Crippen molar-refractivity contribution in [2.75, 3.05) is 20.2 Å². The molecule has 0 radical (unpaired) electrons. The van der Waals surface area contributed by atoms with Crippen molar-refractivity contribution in [3.05, 3.63) is 41.5 Å². The zero-order valence-corrected chi connectivity index (χ0v) is 13.0. The molecule has 2 aromatic rings. The van der Waals surface area contributed by atoms with Gasteiger partial charge in [-0.05, 0) is 24.1 Å². The molecule has 0 aliphatic carbocycles. The summed E-state index contributed by atoms with van der Waals surface area (Å²) in [6, 6.07) is 5.22. The number of likely N-dealkylation sites (tertiary alicyclic amines) is 1. The minimum atomic E-state index is -0.331. The van der Waals surface area contributed by atoms with Crippen LogP contribution in [-0.4, -0.2) is 46.2 Å². The number of ether oxygens (including phenoxy) is 2. The molecule has 0 unspecified atom stereocenters. The number of piperidine rings is 1. The lowest BCUT2D eigenvalue weighted by molar-refractivity contribution is -0.0669. The maximum absolute atomic E-state index is 13.5. The maximum Gasteiger partial charge on any atom is 0.165 e. The molecular weight excluding hydrogens is 299 g/mol. The van der Waals surface area contributed by atoms with E-state index in [0.29, 0.717) is 6.61 Å². The average molecular weight is 318 g/mol. The molecular formula is C16H19FN4O2. The first kappa shape index (κ1) is 14.6. The van der Waals surface area contributed by atoms with Crippen molar-refractivity contribution in [1.29, 1.82) is 0 Å². The number of halogens is 1. The van der Waals surface area contributed by atoms with Gasteiger partial charge in [-0.3, -0.25) is 4.90 Å². The van der Waals surface area contributed by atoms with E-state index in [1.165, 1.54) is 13.2 Å². The molecule has 1 fully saturated rings. The fraction of sp³-hybridized carbons (Fsp3) is 0.500. The third-order valence-corrected chi connectivity index (χ3v) is 4.63. The van der Waals surface area contributed by atoms with Crippen molar-refractivity contribution in [3.63, 3.8) is 0 Å². The number of rotatable bonds is 3. The van der Waals surface area contributed by atoms with Gasteiger partial charge in [-0.1, -0.05) is 11.3 Å². The van der Waals surface area contributed by atoms with Gasteiger partial charge in [0.2, 0.25) is 0 Å². The fourth-order valence-corrected chi connectivity index (χ4v) is 3.45. The molecule has 23 heavy (non-hydrogen) atoms. The number of benzene rings is 1. The second-order valence-electron chi connectivity index (χ2n) is 6.08. The first-order valence-corrected chi connectivity index (χ1v) is 7.80. The lowest BCUT2D eigenvalue weighted by Gasteiger charge is -2.41. The Balaban J connectivity index is 1.50. The third-order valence-electron chi connectivity index (χ3n) is 4.63. The average Bonchev–Trinajstić information content (AvgIpc) is 3.05. The van der Waals surface area contributed by atoms with Crippen LogP contribution in [0, 0.1) is 5.82 Å². The van der Waals surface area contributed by atoms with Gasteiger partial charge in [0.15, 0.2) is 11.6 Å². The molecule has 0 amide bonds. The van der Waals surface area contributed by atoms with Crippen molar-refractivity contribution in [1.82, 2.24) is 19.9 Å². The van der Waals surface area contributed by atoms with E-state index in [9.17, 15) is 4.39 Å². The van der Waals surface area contributed by atoms with Crippen molar-refractivity contribution in [3.8, 4) is 5.75 Å². The molecule has 0 saturated carbocycles. The highest BCUT2D eigenvalue weighted by molar-refractivity contribution is 5.30. The van der Waals surface area contributed by atoms with Crippen LogP contribution in [0.1, 0.15) is 23.7 Å². The van der Waals surface area contributed by atoms with Gasteiger partial charge in [0.1, 0.15) is 0 Å². The molecule has 4 rings (SSSR count). The second kappa shape index (κ2) is 5.90. The topological polar surface area (TPSA) is 52.4 Å². The quantitative estimate of drug-likeness (QED) is 0.863. The van der Waals surface area contributed by atoms with Crippen molar-refractivity contribution < 1.29 is 13.9 Å². The van der Waals surface area contributed by atoms with Crippen molar-refractivity contribution in [2.45, 2.75) is 31.7 Å².